The van der Waals surface area contributed by atoms with Crippen LogP contribution in [0.15, 0.2) is 0 Å². The first-order valence-corrected chi connectivity index (χ1v) is 2.99. The lowest BCUT2D eigenvalue weighted by molar-refractivity contribution is 0.539. The van der Waals surface area contributed by atoms with Crippen LogP contribution >= 0.6 is 15.9 Å². The van der Waals surface area contributed by atoms with Gasteiger partial charge in [-0.15, -0.1) is 0 Å². The first-order chi connectivity index (χ1) is 3.31. The molecule has 0 saturated carbocycles. The van der Waals surface area contributed by atoms with Gasteiger partial charge < -0.3 is 5.32 Å². The van der Waals surface area contributed by atoms with E-state index in [1.165, 1.54) is 0 Å². The molecule has 0 aromatic heterocycles. The average molecular weight is 165 g/mol. The average Bonchev–Trinajstić information content (AvgIpc) is 1.68. The number of hydrogen-bond acceptors (Lipinski definition) is 1. The molecule has 41 valence electrons. The molecule has 0 fully saturated rings. The van der Waals surface area contributed by atoms with Gasteiger partial charge in [0.2, 0.25) is 0 Å². The molecular weight excluding hydrogens is 158 g/mol. The molecule has 0 aliphatic rings. The SMILES string of the molecule is CCC(Br)N[C]=O. The Labute approximate surface area is 51.4 Å². The van der Waals surface area contributed by atoms with Gasteiger partial charge in [0, 0.05) is 0 Å². The van der Waals surface area contributed by atoms with Gasteiger partial charge in [-0.05, 0) is 6.42 Å². The van der Waals surface area contributed by atoms with E-state index in [0.717, 1.165) is 6.42 Å². The minimum Gasteiger partial charge on any atom is -0.335 e. The van der Waals surface area contributed by atoms with Gasteiger partial charge in [0.1, 0.15) is 0 Å². The summed E-state index contributed by atoms with van der Waals surface area (Å²) in [4.78, 5) is 9.60. The van der Waals surface area contributed by atoms with E-state index in [2.05, 4.69) is 21.2 Å². The van der Waals surface area contributed by atoms with Crippen molar-refractivity contribution in [1.29, 1.82) is 0 Å². The molecule has 1 atom stereocenters. The highest BCUT2D eigenvalue weighted by Crippen LogP contribution is 1.96. The predicted molar refractivity (Wildman–Crippen MR) is 31.8 cm³/mol. The smallest absolute Gasteiger partial charge is 0.310 e. The zero-order chi connectivity index (χ0) is 5.70. The molecule has 0 aliphatic carbocycles. The normalized spacial score (nSPS) is 12.9. The Morgan fingerprint density at radius 1 is 2.00 bits per heavy atom. The third-order valence-electron chi connectivity index (χ3n) is 0.574. The Kier molecular flexibility index (Phi) is 4.09. The van der Waals surface area contributed by atoms with Crippen LogP contribution < -0.4 is 5.32 Å². The van der Waals surface area contributed by atoms with Crippen LogP contribution in [-0.2, 0) is 4.79 Å². The standard InChI is InChI=1S/C4H7BrNO/c1-2-4(5)6-3-7/h4H,2H2,1H3,(H,6,7). The maximum Gasteiger partial charge on any atom is 0.310 e. The highest BCUT2D eigenvalue weighted by Gasteiger charge is 1.93. The van der Waals surface area contributed by atoms with E-state index in [0.29, 0.717) is 0 Å². The molecule has 7 heavy (non-hydrogen) atoms. The molecule has 3 heteroatoms. The fourth-order valence-corrected chi connectivity index (χ4v) is 0.259. The maximum atomic E-state index is 9.51. The zero-order valence-electron chi connectivity index (χ0n) is 4.07. The van der Waals surface area contributed by atoms with Gasteiger partial charge in [-0.3, -0.25) is 4.79 Å². The lowest BCUT2D eigenvalue weighted by atomic mass is 10.5. The molecular formula is C4H7BrNO. The van der Waals surface area contributed by atoms with Gasteiger partial charge in [0.05, 0.1) is 4.95 Å². The van der Waals surface area contributed by atoms with E-state index >= 15 is 0 Å². The first kappa shape index (κ1) is 6.95. The van der Waals surface area contributed by atoms with Gasteiger partial charge in [-0.2, -0.15) is 0 Å². The molecule has 0 rings (SSSR count). The second-order valence-electron chi connectivity index (χ2n) is 1.12. The Morgan fingerprint density at radius 2 is 2.57 bits per heavy atom. The molecule has 1 unspecified atom stereocenters. The minimum absolute atomic E-state index is 0.0880. The van der Waals surface area contributed by atoms with Crippen molar-refractivity contribution in [3.05, 3.63) is 0 Å². The van der Waals surface area contributed by atoms with E-state index in [1.807, 2.05) is 6.92 Å². The molecule has 0 spiro atoms. The van der Waals surface area contributed by atoms with Gasteiger partial charge >= 0.3 is 6.41 Å². The number of alkyl halides is 1. The summed E-state index contributed by atoms with van der Waals surface area (Å²) in [5, 5.41) is 2.41. The quantitative estimate of drug-likeness (QED) is 0.373. The lowest BCUT2D eigenvalue weighted by Crippen LogP contribution is -2.19. The second-order valence-corrected chi connectivity index (χ2v) is 2.23. The van der Waals surface area contributed by atoms with Crippen LogP contribution in [0.25, 0.3) is 0 Å². The molecule has 0 heterocycles. The van der Waals surface area contributed by atoms with Crippen molar-refractivity contribution in [2.75, 3.05) is 0 Å². The van der Waals surface area contributed by atoms with Crippen molar-refractivity contribution in [1.82, 2.24) is 5.32 Å². The molecule has 0 aliphatic heterocycles. The summed E-state index contributed by atoms with van der Waals surface area (Å²) in [6.45, 7) is 1.96. The Hall–Kier alpha value is -0.0500. The summed E-state index contributed by atoms with van der Waals surface area (Å²) in [7, 11) is 0. The fraction of sp³-hybridized carbons (Fsp3) is 0.750. The lowest BCUT2D eigenvalue weighted by Gasteiger charge is -1.99. The Bertz CT molecular complexity index is 57.7. The van der Waals surface area contributed by atoms with Crippen LogP contribution in [0.4, 0.5) is 0 Å². The molecule has 0 saturated heterocycles. The molecule has 2 nitrogen and oxygen atoms in total. The third-order valence-corrected chi connectivity index (χ3v) is 1.45. The van der Waals surface area contributed by atoms with Gasteiger partial charge in [-0.25, -0.2) is 0 Å². The summed E-state index contributed by atoms with van der Waals surface area (Å²) in [6.07, 6.45) is 2.46. The number of carbonyl (C=O) groups excluding carboxylic acids is 1. The van der Waals surface area contributed by atoms with Crippen molar-refractivity contribution in [3.63, 3.8) is 0 Å². The summed E-state index contributed by atoms with van der Waals surface area (Å²) >= 11 is 3.16. The minimum atomic E-state index is 0.0880. The predicted octanol–water partition coefficient (Wildman–Crippen LogP) is 0.774. The molecule has 1 radical (unpaired) electrons. The van der Waals surface area contributed by atoms with Crippen LogP contribution in [0.3, 0.4) is 0 Å². The van der Waals surface area contributed by atoms with Crippen molar-refractivity contribution >= 4 is 22.3 Å². The monoisotopic (exact) mass is 164 g/mol. The van der Waals surface area contributed by atoms with E-state index in [9.17, 15) is 4.79 Å². The van der Waals surface area contributed by atoms with Gasteiger partial charge in [0.15, 0.2) is 0 Å². The maximum absolute atomic E-state index is 9.51. The van der Waals surface area contributed by atoms with Crippen molar-refractivity contribution in [2.45, 2.75) is 18.3 Å². The highest BCUT2D eigenvalue weighted by molar-refractivity contribution is 9.09. The number of halogens is 1. The summed E-state index contributed by atoms with van der Waals surface area (Å²) < 4.78 is 0. The highest BCUT2D eigenvalue weighted by atomic mass is 79.9. The molecule has 0 bridgehead atoms. The van der Waals surface area contributed by atoms with Gasteiger partial charge in [-0.1, -0.05) is 22.9 Å². The number of amides is 1. The van der Waals surface area contributed by atoms with Gasteiger partial charge in [0.25, 0.3) is 0 Å². The van der Waals surface area contributed by atoms with Crippen LogP contribution in [0.1, 0.15) is 13.3 Å². The summed E-state index contributed by atoms with van der Waals surface area (Å²) in [6, 6.07) is 0. The van der Waals surface area contributed by atoms with Crippen molar-refractivity contribution in [2.24, 2.45) is 0 Å². The topological polar surface area (TPSA) is 29.1 Å². The van der Waals surface area contributed by atoms with E-state index in [1.54, 1.807) is 6.41 Å². The Morgan fingerprint density at radius 3 is 2.71 bits per heavy atom. The fourth-order valence-electron chi connectivity index (χ4n) is 0.166. The molecule has 0 aromatic carbocycles. The molecule has 0 aromatic rings. The summed E-state index contributed by atoms with van der Waals surface area (Å²) in [5.41, 5.74) is 0. The van der Waals surface area contributed by atoms with Crippen LogP contribution in [0, 0.1) is 0 Å². The van der Waals surface area contributed by atoms with E-state index in [4.69, 9.17) is 0 Å². The van der Waals surface area contributed by atoms with E-state index < -0.39 is 0 Å². The first-order valence-electron chi connectivity index (χ1n) is 2.08. The van der Waals surface area contributed by atoms with Crippen LogP contribution in [0.5, 0.6) is 0 Å². The largest absolute Gasteiger partial charge is 0.335 e. The molecule has 1 N–H and O–H groups in total. The number of hydrogen-bond donors (Lipinski definition) is 1. The van der Waals surface area contributed by atoms with Crippen LogP contribution in [0.2, 0.25) is 0 Å². The number of rotatable bonds is 3. The van der Waals surface area contributed by atoms with Crippen molar-refractivity contribution in [3.8, 4) is 0 Å². The summed E-state index contributed by atoms with van der Waals surface area (Å²) in [5.74, 6) is 0. The Balaban J connectivity index is 2.98. The second kappa shape index (κ2) is 4.12. The number of nitrogens with one attached hydrogen (secondary N) is 1. The molecule has 1 amide bonds. The van der Waals surface area contributed by atoms with Crippen LogP contribution in [-0.4, -0.2) is 11.4 Å². The van der Waals surface area contributed by atoms with E-state index in [-0.39, 0.29) is 4.95 Å². The van der Waals surface area contributed by atoms with Crippen molar-refractivity contribution < 1.29 is 4.79 Å². The third kappa shape index (κ3) is 3.79. The zero-order valence-corrected chi connectivity index (χ0v) is 5.66.